The van der Waals surface area contributed by atoms with Gasteiger partial charge in [0.25, 0.3) is 0 Å². The van der Waals surface area contributed by atoms with Crippen LogP contribution in [0.1, 0.15) is 18.4 Å². The first-order valence-electron chi connectivity index (χ1n) is 6.27. The number of alkyl halides is 3. The number of benzene rings is 1. The third-order valence-electron chi connectivity index (χ3n) is 3.57. The van der Waals surface area contributed by atoms with E-state index in [-0.39, 0.29) is 5.75 Å². The van der Waals surface area contributed by atoms with E-state index in [0.717, 1.165) is 24.9 Å². The van der Waals surface area contributed by atoms with Crippen LogP contribution < -0.4 is 9.47 Å². The lowest BCUT2D eigenvalue weighted by Gasteiger charge is -2.19. The van der Waals surface area contributed by atoms with Gasteiger partial charge in [0.2, 0.25) is 0 Å². The van der Waals surface area contributed by atoms with Crippen molar-refractivity contribution in [2.75, 3.05) is 13.2 Å². The molecule has 1 fully saturated rings. The predicted octanol–water partition coefficient (Wildman–Crippen LogP) is 2.94. The Hall–Kier alpha value is -1.43. The lowest BCUT2D eigenvalue weighted by molar-refractivity contribution is -0.274. The zero-order valence-corrected chi connectivity index (χ0v) is 10.2. The fourth-order valence-corrected chi connectivity index (χ4v) is 2.71. The second kappa shape index (κ2) is 4.59. The molecule has 1 aromatic carbocycles. The normalized spacial score (nSPS) is 23.2. The molecule has 3 rings (SSSR count). The summed E-state index contributed by atoms with van der Waals surface area (Å²) in [5.41, 5.74) is 0.756. The van der Waals surface area contributed by atoms with Crippen molar-refractivity contribution in [2.45, 2.75) is 31.8 Å². The molecule has 1 atom stereocenters. The van der Waals surface area contributed by atoms with Crippen molar-refractivity contribution in [1.29, 1.82) is 0 Å². The quantitative estimate of drug-likeness (QED) is 0.785. The van der Waals surface area contributed by atoms with Crippen molar-refractivity contribution >= 4 is 0 Å². The molecule has 1 saturated heterocycles. The van der Waals surface area contributed by atoms with Gasteiger partial charge >= 0.3 is 6.36 Å². The summed E-state index contributed by atoms with van der Waals surface area (Å²) in [5, 5.41) is 0. The third-order valence-corrected chi connectivity index (χ3v) is 3.57. The smallest absolute Gasteiger partial charge is 0.492 e. The van der Waals surface area contributed by atoms with E-state index >= 15 is 0 Å². The van der Waals surface area contributed by atoms with Crippen molar-refractivity contribution in [3.63, 3.8) is 0 Å². The predicted molar refractivity (Wildman–Crippen MR) is 62.1 cm³/mol. The van der Waals surface area contributed by atoms with E-state index in [1.54, 1.807) is 6.07 Å². The number of halogens is 3. The van der Waals surface area contributed by atoms with E-state index in [0.29, 0.717) is 24.9 Å². The van der Waals surface area contributed by atoms with Crippen LogP contribution >= 0.6 is 0 Å². The Labute approximate surface area is 108 Å². The second-order valence-corrected chi connectivity index (χ2v) is 4.89. The van der Waals surface area contributed by atoms with Gasteiger partial charge in [0, 0.05) is 18.2 Å². The van der Waals surface area contributed by atoms with Crippen LogP contribution in [-0.4, -0.2) is 30.5 Å². The van der Waals surface area contributed by atoms with Gasteiger partial charge in [-0.15, -0.1) is 13.2 Å². The van der Waals surface area contributed by atoms with Gasteiger partial charge in [-0.2, -0.15) is 0 Å². The Morgan fingerprint density at radius 3 is 2.95 bits per heavy atom. The Balaban J connectivity index is 1.84. The topological polar surface area (TPSA) is 21.7 Å². The van der Waals surface area contributed by atoms with E-state index in [2.05, 4.69) is 9.64 Å². The molecule has 2 aliphatic rings. The SMILES string of the molecule is FC(F)(F)Oc1ccc2c(c1)CN1CCCC1CO2. The molecule has 2 heterocycles. The van der Waals surface area contributed by atoms with Gasteiger partial charge in [0.15, 0.2) is 0 Å². The molecule has 1 aromatic rings. The Morgan fingerprint density at radius 1 is 1.32 bits per heavy atom. The molecule has 104 valence electrons. The molecule has 6 heteroatoms. The summed E-state index contributed by atoms with van der Waals surface area (Å²) >= 11 is 0. The molecule has 0 bridgehead atoms. The molecule has 19 heavy (non-hydrogen) atoms. The molecule has 1 unspecified atom stereocenters. The minimum Gasteiger partial charge on any atom is -0.492 e. The average Bonchev–Trinajstić information content (AvgIpc) is 2.67. The molecular weight excluding hydrogens is 259 g/mol. The highest BCUT2D eigenvalue weighted by Gasteiger charge is 2.32. The van der Waals surface area contributed by atoms with Gasteiger partial charge in [0.1, 0.15) is 18.1 Å². The van der Waals surface area contributed by atoms with Crippen molar-refractivity contribution < 1.29 is 22.6 Å². The van der Waals surface area contributed by atoms with Gasteiger partial charge < -0.3 is 9.47 Å². The number of ether oxygens (including phenoxy) is 2. The molecule has 0 amide bonds. The van der Waals surface area contributed by atoms with Crippen molar-refractivity contribution in [3.05, 3.63) is 23.8 Å². The van der Waals surface area contributed by atoms with Gasteiger partial charge in [-0.25, -0.2) is 0 Å². The number of fused-ring (bicyclic) bond motifs is 2. The van der Waals surface area contributed by atoms with Crippen LogP contribution in [0, 0.1) is 0 Å². The minimum absolute atomic E-state index is 0.188. The molecule has 0 spiro atoms. The average molecular weight is 273 g/mol. The van der Waals surface area contributed by atoms with Gasteiger partial charge in [-0.3, -0.25) is 4.90 Å². The Kier molecular flexibility index (Phi) is 3.05. The Bertz CT molecular complexity index is 475. The number of rotatable bonds is 1. The van der Waals surface area contributed by atoms with Crippen LogP contribution in [0.25, 0.3) is 0 Å². The molecular formula is C13H14F3NO2. The van der Waals surface area contributed by atoms with E-state index in [9.17, 15) is 13.2 Å². The van der Waals surface area contributed by atoms with Crippen molar-refractivity contribution in [2.24, 2.45) is 0 Å². The lowest BCUT2D eigenvalue weighted by Crippen LogP contribution is -2.31. The first kappa shape index (κ1) is 12.6. The molecule has 0 aliphatic carbocycles. The summed E-state index contributed by atoms with van der Waals surface area (Å²) in [6.07, 6.45) is -2.46. The highest BCUT2D eigenvalue weighted by molar-refractivity contribution is 5.41. The maximum Gasteiger partial charge on any atom is 0.573 e. The van der Waals surface area contributed by atoms with Crippen molar-refractivity contribution in [1.82, 2.24) is 4.90 Å². The van der Waals surface area contributed by atoms with Gasteiger partial charge in [-0.05, 0) is 37.6 Å². The summed E-state index contributed by atoms with van der Waals surface area (Å²) in [6.45, 7) is 2.19. The minimum atomic E-state index is -4.66. The fourth-order valence-electron chi connectivity index (χ4n) is 2.71. The molecule has 0 saturated carbocycles. The monoisotopic (exact) mass is 273 g/mol. The molecule has 3 nitrogen and oxygen atoms in total. The van der Waals surface area contributed by atoms with E-state index in [4.69, 9.17) is 4.74 Å². The molecule has 2 aliphatic heterocycles. The standard InChI is InChI=1S/C13H14F3NO2/c14-13(15,16)19-11-3-4-12-9(6-11)7-17-5-1-2-10(17)8-18-12/h3-4,6,10H,1-2,5,7-8H2. The maximum atomic E-state index is 12.2. The Morgan fingerprint density at radius 2 is 2.16 bits per heavy atom. The van der Waals surface area contributed by atoms with Crippen molar-refractivity contribution in [3.8, 4) is 11.5 Å². The molecule has 0 aromatic heterocycles. The van der Waals surface area contributed by atoms with Gasteiger partial charge in [0.05, 0.1) is 0 Å². The lowest BCUT2D eigenvalue weighted by atomic mass is 10.2. The first-order chi connectivity index (χ1) is 9.01. The van der Waals surface area contributed by atoms with Gasteiger partial charge in [-0.1, -0.05) is 0 Å². The summed E-state index contributed by atoms with van der Waals surface area (Å²) in [7, 11) is 0. The van der Waals surface area contributed by atoms with Crippen LogP contribution in [0.3, 0.4) is 0 Å². The van der Waals surface area contributed by atoms with E-state index in [1.165, 1.54) is 12.1 Å². The van der Waals surface area contributed by atoms with Crippen LogP contribution in [0.15, 0.2) is 18.2 Å². The first-order valence-corrected chi connectivity index (χ1v) is 6.27. The fraction of sp³-hybridized carbons (Fsp3) is 0.538. The number of hydrogen-bond donors (Lipinski definition) is 0. The van der Waals surface area contributed by atoms with E-state index in [1.807, 2.05) is 0 Å². The van der Waals surface area contributed by atoms with E-state index < -0.39 is 6.36 Å². The summed E-state index contributed by atoms with van der Waals surface area (Å²) in [6, 6.07) is 4.64. The molecule has 0 N–H and O–H groups in total. The zero-order valence-electron chi connectivity index (χ0n) is 10.2. The zero-order chi connectivity index (χ0) is 13.5. The van der Waals surface area contributed by atoms with Crippen LogP contribution in [-0.2, 0) is 6.54 Å². The summed E-state index contributed by atoms with van der Waals surface area (Å²) in [5.74, 6) is 0.469. The highest BCUT2D eigenvalue weighted by Crippen LogP contribution is 2.33. The van der Waals surface area contributed by atoms with Crippen LogP contribution in [0.4, 0.5) is 13.2 Å². The van der Waals surface area contributed by atoms with Crippen LogP contribution in [0.5, 0.6) is 11.5 Å². The summed E-state index contributed by atoms with van der Waals surface area (Å²) < 4.78 is 46.2. The second-order valence-electron chi connectivity index (χ2n) is 4.89. The van der Waals surface area contributed by atoms with Crippen LogP contribution in [0.2, 0.25) is 0 Å². The third kappa shape index (κ3) is 2.78. The largest absolute Gasteiger partial charge is 0.573 e. The number of nitrogens with zero attached hydrogens (tertiary/aromatic N) is 1. The highest BCUT2D eigenvalue weighted by atomic mass is 19.4. The maximum absolute atomic E-state index is 12.2. The number of hydrogen-bond acceptors (Lipinski definition) is 3. The molecule has 0 radical (unpaired) electrons. The summed E-state index contributed by atoms with van der Waals surface area (Å²) in [4.78, 5) is 2.25.